The lowest BCUT2D eigenvalue weighted by atomic mass is 10.1. The van der Waals surface area contributed by atoms with Crippen LogP contribution in [0.4, 0.5) is 0 Å². The highest BCUT2D eigenvalue weighted by Crippen LogP contribution is 2.21. The number of aliphatic hydroxyl groups is 1. The number of rotatable bonds is 5. The molecule has 104 valence electrons. The number of carbonyl (C=O) groups is 1. The normalized spacial score (nSPS) is 18.8. The third-order valence-electron chi connectivity index (χ3n) is 3.74. The Balaban J connectivity index is 1.96. The molecule has 1 saturated heterocycles. The van der Waals surface area contributed by atoms with Gasteiger partial charge in [-0.05, 0) is 49.4 Å². The van der Waals surface area contributed by atoms with Crippen molar-refractivity contribution in [1.82, 2.24) is 4.90 Å². The number of nitrogens with zero attached hydrogens (tertiary/aromatic N) is 1. The van der Waals surface area contributed by atoms with Gasteiger partial charge in [-0.25, -0.2) is 0 Å². The number of hydrogen-bond acceptors (Lipinski definition) is 3. The average molecular weight is 262 g/mol. The van der Waals surface area contributed by atoms with Crippen LogP contribution in [0.2, 0.25) is 0 Å². The maximum absolute atomic E-state index is 12.3. The Morgan fingerprint density at radius 1 is 1.37 bits per heavy atom. The summed E-state index contributed by atoms with van der Waals surface area (Å²) in [5, 5.41) is 8.94. The SMILES string of the molecule is NCCc1ccc(C(=O)N2CCC(CCO)C2)cc1. The summed E-state index contributed by atoms with van der Waals surface area (Å²) in [7, 11) is 0. The molecule has 1 aromatic rings. The van der Waals surface area contributed by atoms with Gasteiger partial charge in [0, 0.05) is 25.3 Å². The summed E-state index contributed by atoms with van der Waals surface area (Å²) in [6.45, 7) is 2.40. The molecule has 4 nitrogen and oxygen atoms in total. The first kappa shape index (κ1) is 14.0. The molecule has 1 amide bonds. The maximum atomic E-state index is 12.3. The van der Waals surface area contributed by atoms with Crippen LogP contribution in [-0.2, 0) is 6.42 Å². The van der Waals surface area contributed by atoms with Crippen molar-refractivity contribution < 1.29 is 9.90 Å². The summed E-state index contributed by atoms with van der Waals surface area (Å²) >= 11 is 0. The third-order valence-corrected chi connectivity index (χ3v) is 3.74. The molecular formula is C15H22N2O2. The number of aliphatic hydroxyl groups excluding tert-OH is 1. The Hall–Kier alpha value is -1.39. The highest BCUT2D eigenvalue weighted by molar-refractivity contribution is 5.94. The Labute approximate surface area is 114 Å². The standard InChI is InChI=1S/C15H22N2O2/c16-8-5-12-1-3-14(4-2-12)15(19)17-9-6-13(11-17)7-10-18/h1-4,13,18H,5-11,16H2. The van der Waals surface area contributed by atoms with Gasteiger partial charge in [0.25, 0.3) is 5.91 Å². The zero-order valence-electron chi connectivity index (χ0n) is 11.2. The molecule has 0 aliphatic carbocycles. The number of amides is 1. The molecule has 1 fully saturated rings. The van der Waals surface area contributed by atoms with E-state index in [4.69, 9.17) is 10.8 Å². The smallest absolute Gasteiger partial charge is 0.253 e. The van der Waals surface area contributed by atoms with Crippen LogP contribution in [0.1, 0.15) is 28.8 Å². The fourth-order valence-corrected chi connectivity index (χ4v) is 2.60. The van der Waals surface area contributed by atoms with E-state index in [9.17, 15) is 4.79 Å². The van der Waals surface area contributed by atoms with Crippen molar-refractivity contribution >= 4 is 5.91 Å². The van der Waals surface area contributed by atoms with Gasteiger partial charge in [0.05, 0.1) is 0 Å². The lowest BCUT2D eigenvalue weighted by Gasteiger charge is -2.16. The van der Waals surface area contributed by atoms with E-state index >= 15 is 0 Å². The van der Waals surface area contributed by atoms with E-state index in [-0.39, 0.29) is 12.5 Å². The van der Waals surface area contributed by atoms with Crippen molar-refractivity contribution in [3.05, 3.63) is 35.4 Å². The largest absolute Gasteiger partial charge is 0.396 e. The molecule has 1 unspecified atom stereocenters. The number of hydrogen-bond donors (Lipinski definition) is 2. The molecule has 0 spiro atoms. The summed E-state index contributed by atoms with van der Waals surface area (Å²) in [6, 6.07) is 7.71. The maximum Gasteiger partial charge on any atom is 0.253 e. The molecule has 1 aliphatic rings. The molecule has 1 aliphatic heterocycles. The second-order valence-electron chi connectivity index (χ2n) is 5.15. The summed E-state index contributed by atoms with van der Waals surface area (Å²) in [4.78, 5) is 14.2. The quantitative estimate of drug-likeness (QED) is 0.833. The Morgan fingerprint density at radius 3 is 2.74 bits per heavy atom. The highest BCUT2D eigenvalue weighted by Gasteiger charge is 2.26. The van der Waals surface area contributed by atoms with Gasteiger partial charge in [0.1, 0.15) is 0 Å². The second kappa shape index (κ2) is 6.68. The van der Waals surface area contributed by atoms with Gasteiger partial charge in [-0.1, -0.05) is 12.1 Å². The molecule has 4 heteroatoms. The monoisotopic (exact) mass is 262 g/mol. The van der Waals surface area contributed by atoms with Gasteiger partial charge in [-0.3, -0.25) is 4.79 Å². The lowest BCUT2D eigenvalue weighted by molar-refractivity contribution is 0.0784. The number of likely N-dealkylation sites (tertiary alicyclic amines) is 1. The minimum Gasteiger partial charge on any atom is -0.396 e. The zero-order chi connectivity index (χ0) is 13.7. The van der Waals surface area contributed by atoms with Crippen molar-refractivity contribution in [1.29, 1.82) is 0 Å². The predicted octanol–water partition coefficient (Wildman–Crippen LogP) is 1.03. The van der Waals surface area contributed by atoms with Crippen LogP contribution in [0.3, 0.4) is 0 Å². The number of benzene rings is 1. The molecule has 19 heavy (non-hydrogen) atoms. The number of carbonyl (C=O) groups excluding carboxylic acids is 1. The molecule has 0 aromatic heterocycles. The summed E-state index contributed by atoms with van der Waals surface area (Å²) in [6.07, 6.45) is 2.63. The van der Waals surface area contributed by atoms with E-state index in [1.54, 1.807) is 0 Å². The topological polar surface area (TPSA) is 66.6 Å². The average Bonchev–Trinajstić information content (AvgIpc) is 2.88. The van der Waals surface area contributed by atoms with E-state index in [1.165, 1.54) is 5.56 Å². The first-order valence-corrected chi connectivity index (χ1v) is 6.93. The van der Waals surface area contributed by atoms with Crippen molar-refractivity contribution in [3.8, 4) is 0 Å². The van der Waals surface area contributed by atoms with Crippen LogP contribution < -0.4 is 5.73 Å². The van der Waals surface area contributed by atoms with Crippen molar-refractivity contribution in [2.75, 3.05) is 26.2 Å². The van der Waals surface area contributed by atoms with E-state index in [0.717, 1.165) is 37.9 Å². The predicted molar refractivity (Wildman–Crippen MR) is 74.9 cm³/mol. The summed E-state index contributed by atoms with van der Waals surface area (Å²) < 4.78 is 0. The Bertz CT molecular complexity index is 417. The van der Waals surface area contributed by atoms with E-state index in [2.05, 4.69) is 0 Å². The molecule has 0 saturated carbocycles. The van der Waals surface area contributed by atoms with Crippen molar-refractivity contribution in [3.63, 3.8) is 0 Å². The minimum absolute atomic E-state index is 0.0970. The van der Waals surface area contributed by atoms with Crippen LogP contribution >= 0.6 is 0 Å². The van der Waals surface area contributed by atoms with Gasteiger partial charge in [0.15, 0.2) is 0 Å². The molecular weight excluding hydrogens is 240 g/mol. The van der Waals surface area contributed by atoms with E-state index in [0.29, 0.717) is 12.5 Å². The van der Waals surface area contributed by atoms with E-state index < -0.39 is 0 Å². The third kappa shape index (κ3) is 3.55. The minimum atomic E-state index is 0.0970. The van der Waals surface area contributed by atoms with Crippen LogP contribution in [0, 0.1) is 5.92 Å². The molecule has 0 radical (unpaired) electrons. The first-order chi connectivity index (χ1) is 9.24. The summed E-state index contributed by atoms with van der Waals surface area (Å²) in [5.74, 6) is 0.546. The Morgan fingerprint density at radius 2 is 2.11 bits per heavy atom. The molecule has 3 N–H and O–H groups in total. The van der Waals surface area contributed by atoms with Crippen LogP contribution in [0.5, 0.6) is 0 Å². The summed E-state index contributed by atoms with van der Waals surface area (Å²) in [5.41, 5.74) is 7.41. The van der Waals surface area contributed by atoms with Crippen LogP contribution in [0.15, 0.2) is 24.3 Å². The van der Waals surface area contributed by atoms with Gasteiger partial charge in [-0.15, -0.1) is 0 Å². The second-order valence-corrected chi connectivity index (χ2v) is 5.15. The number of nitrogens with two attached hydrogens (primary N) is 1. The van der Waals surface area contributed by atoms with Gasteiger partial charge in [-0.2, -0.15) is 0 Å². The molecule has 2 rings (SSSR count). The lowest BCUT2D eigenvalue weighted by Crippen LogP contribution is -2.28. The fourth-order valence-electron chi connectivity index (χ4n) is 2.60. The first-order valence-electron chi connectivity index (χ1n) is 6.93. The fraction of sp³-hybridized carbons (Fsp3) is 0.533. The molecule has 1 atom stereocenters. The molecule has 1 heterocycles. The molecule has 0 bridgehead atoms. The van der Waals surface area contributed by atoms with Gasteiger partial charge >= 0.3 is 0 Å². The highest BCUT2D eigenvalue weighted by atomic mass is 16.3. The molecule has 1 aromatic carbocycles. The van der Waals surface area contributed by atoms with Crippen LogP contribution in [-0.4, -0.2) is 42.2 Å². The van der Waals surface area contributed by atoms with E-state index in [1.807, 2.05) is 29.2 Å². The van der Waals surface area contributed by atoms with Gasteiger partial charge < -0.3 is 15.7 Å². The van der Waals surface area contributed by atoms with Crippen LogP contribution in [0.25, 0.3) is 0 Å². The van der Waals surface area contributed by atoms with Gasteiger partial charge in [0.2, 0.25) is 0 Å². The van der Waals surface area contributed by atoms with Crippen molar-refractivity contribution in [2.45, 2.75) is 19.3 Å². The zero-order valence-corrected chi connectivity index (χ0v) is 11.2. The Kier molecular flexibility index (Phi) is 4.93. The van der Waals surface area contributed by atoms with Crippen molar-refractivity contribution in [2.24, 2.45) is 11.7 Å².